The third kappa shape index (κ3) is 2.01. The summed E-state index contributed by atoms with van der Waals surface area (Å²) in [4.78, 5) is 7.82. The predicted molar refractivity (Wildman–Crippen MR) is 61.3 cm³/mol. The van der Waals surface area contributed by atoms with Crippen LogP contribution in [-0.4, -0.2) is 28.4 Å². The van der Waals surface area contributed by atoms with Gasteiger partial charge in [0.2, 0.25) is 0 Å². The van der Waals surface area contributed by atoms with Gasteiger partial charge in [-0.3, -0.25) is 0 Å². The van der Waals surface area contributed by atoms with Crippen molar-refractivity contribution in [1.29, 1.82) is 0 Å². The molecule has 0 unspecified atom stereocenters. The van der Waals surface area contributed by atoms with E-state index >= 15 is 0 Å². The molecular formula is C11H12N2OS. The number of fused-ring (bicyclic) bond motifs is 1. The molecule has 0 bridgehead atoms. The summed E-state index contributed by atoms with van der Waals surface area (Å²) in [5, 5.41) is 0.992. The summed E-state index contributed by atoms with van der Waals surface area (Å²) in [5.41, 5.74) is 3.42. The molecule has 1 fully saturated rings. The Hall–Kier alpha value is -1.00. The van der Waals surface area contributed by atoms with Crippen molar-refractivity contribution in [3.63, 3.8) is 0 Å². The number of hydrogen-bond donors (Lipinski definition) is 1. The summed E-state index contributed by atoms with van der Waals surface area (Å²) in [6.45, 7) is 3.00. The van der Waals surface area contributed by atoms with E-state index < -0.39 is 0 Å². The Labute approximate surface area is 92.2 Å². The average molecular weight is 220 g/mol. The van der Waals surface area contributed by atoms with Crippen LogP contribution in [0.2, 0.25) is 0 Å². The Morgan fingerprint density at radius 3 is 3.27 bits per heavy atom. The van der Waals surface area contributed by atoms with Crippen molar-refractivity contribution in [3.05, 3.63) is 23.8 Å². The van der Waals surface area contributed by atoms with Gasteiger partial charge in [-0.2, -0.15) is 0 Å². The lowest BCUT2D eigenvalue weighted by Crippen LogP contribution is -1.88. The normalized spacial score (nSPS) is 19.7. The van der Waals surface area contributed by atoms with E-state index in [2.05, 4.69) is 35.1 Å². The van der Waals surface area contributed by atoms with E-state index in [0.717, 1.165) is 28.5 Å². The zero-order chi connectivity index (χ0) is 10.3. The fourth-order valence-electron chi connectivity index (χ4n) is 1.50. The summed E-state index contributed by atoms with van der Waals surface area (Å²) in [5.74, 6) is 0.999. The number of nitrogens with zero attached hydrogens (tertiary/aromatic N) is 1. The molecule has 0 amide bonds. The second-order valence-electron chi connectivity index (χ2n) is 3.83. The number of benzene rings is 1. The van der Waals surface area contributed by atoms with Gasteiger partial charge < -0.3 is 9.72 Å². The molecule has 0 spiro atoms. The van der Waals surface area contributed by atoms with E-state index in [1.807, 2.05) is 0 Å². The maximum atomic E-state index is 5.16. The molecule has 3 rings (SSSR count). The Balaban J connectivity index is 1.84. The third-order valence-corrected chi connectivity index (χ3v) is 3.43. The number of hydrogen-bond acceptors (Lipinski definition) is 3. The van der Waals surface area contributed by atoms with E-state index in [-0.39, 0.29) is 0 Å². The second kappa shape index (κ2) is 3.54. The number of aryl methyl sites for hydroxylation is 1. The molecule has 0 radical (unpaired) electrons. The van der Waals surface area contributed by atoms with Crippen molar-refractivity contribution in [2.75, 3.05) is 12.4 Å². The largest absolute Gasteiger partial charge is 0.372 e. The molecule has 1 saturated heterocycles. The SMILES string of the molecule is Cc1ccc2nc(SC[C@@H]3CO3)[nH]c2c1. The highest BCUT2D eigenvalue weighted by molar-refractivity contribution is 7.99. The molecule has 2 aromatic rings. The summed E-state index contributed by atoms with van der Waals surface area (Å²) in [6, 6.07) is 6.26. The number of rotatable bonds is 3. The number of H-pyrrole nitrogens is 1. The van der Waals surface area contributed by atoms with E-state index in [1.165, 1.54) is 5.56 Å². The van der Waals surface area contributed by atoms with Gasteiger partial charge in [0.15, 0.2) is 5.16 Å². The number of ether oxygens (including phenoxy) is 1. The lowest BCUT2D eigenvalue weighted by Gasteiger charge is -1.91. The smallest absolute Gasteiger partial charge is 0.166 e. The average Bonchev–Trinajstić information content (AvgIpc) is 2.95. The molecule has 0 saturated carbocycles. The first kappa shape index (κ1) is 9.24. The summed E-state index contributed by atoms with van der Waals surface area (Å²) >= 11 is 1.73. The van der Waals surface area contributed by atoms with Gasteiger partial charge in [0.25, 0.3) is 0 Å². The number of thioether (sulfide) groups is 1. The van der Waals surface area contributed by atoms with Crippen LogP contribution < -0.4 is 0 Å². The molecule has 0 aliphatic carbocycles. The Kier molecular flexibility index (Phi) is 2.18. The third-order valence-electron chi connectivity index (χ3n) is 2.42. The Bertz CT molecular complexity index is 490. The van der Waals surface area contributed by atoms with Gasteiger partial charge in [-0.15, -0.1) is 0 Å². The number of imidazole rings is 1. The standard InChI is InChI=1S/C11H12N2OS/c1-7-2-3-9-10(4-7)13-11(12-9)15-6-8-5-14-8/h2-4,8H,5-6H2,1H3,(H,12,13)/t8-/m0/s1. The van der Waals surface area contributed by atoms with Gasteiger partial charge >= 0.3 is 0 Å². The predicted octanol–water partition coefficient (Wildman–Crippen LogP) is 2.36. The molecule has 1 aromatic carbocycles. The topological polar surface area (TPSA) is 41.2 Å². The summed E-state index contributed by atoms with van der Waals surface area (Å²) in [7, 11) is 0. The molecule has 1 atom stereocenters. The number of aromatic amines is 1. The monoisotopic (exact) mass is 220 g/mol. The summed E-state index contributed by atoms with van der Waals surface area (Å²) < 4.78 is 5.16. The molecule has 15 heavy (non-hydrogen) atoms. The van der Waals surface area contributed by atoms with E-state index in [1.54, 1.807) is 11.8 Å². The van der Waals surface area contributed by atoms with Crippen molar-refractivity contribution < 1.29 is 4.74 Å². The fourth-order valence-corrected chi connectivity index (χ4v) is 2.39. The van der Waals surface area contributed by atoms with Crippen LogP contribution in [0.4, 0.5) is 0 Å². The highest BCUT2D eigenvalue weighted by atomic mass is 32.2. The van der Waals surface area contributed by atoms with Crippen molar-refractivity contribution in [2.45, 2.75) is 18.2 Å². The first-order valence-corrected chi connectivity index (χ1v) is 6.00. The first-order valence-electron chi connectivity index (χ1n) is 5.02. The van der Waals surface area contributed by atoms with Crippen LogP contribution in [0, 0.1) is 6.92 Å². The number of epoxide rings is 1. The van der Waals surface area contributed by atoms with Gasteiger partial charge in [-0.05, 0) is 24.6 Å². The van der Waals surface area contributed by atoms with Crippen molar-refractivity contribution >= 4 is 22.8 Å². The highest BCUT2D eigenvalue weighted by Crippen LogP contribution is 2.24. The van der Waals surface area contributed by atoms with Gasteiger partial charge in [0.05, 0.1) is 23.7 Å². The van der Waals surface area contributed by atoms with E-state index in [4.69, 9.17) is 4.74 Å². The minimum atomic E-state index is 0.449. The van der Waals surface area contributed by atoms with Crippen LogP contribution in [0.1, 0.15) is 5.56 Å². The lowest BCUT2D eigenvalue weighted by atomic mass is 10.2. The lowest BCUT2D eigenvalue weighted by molar-refractivity contribution is 0.426. The zero-order valence-electron chi connectivity index (χ0n) is 8.49. The van der Waals surface area contributed by atoms with Gasteiger partial charge in [0.1, 0.15) is 0 Å². The number of nitrogens with one attached hydrogen (secondary N) is 1. The van der Waals surface area contributed by atoms with Crippen LogP contribution in [-0.2, 0) is 4.74 Å². The highest BCUT2D eigenvalue weighted by Gasteiger charge is 2.22. The Morgan fingerprint density at radius 1 is 1.60 bits per heavy atom. The van der Waals surface area contributed by atoms with Crippen molar-refractivity contribution in [1.82, 2.24) is 9.97 Å². The van der Waals surface area contributed by atoms with Crippen LogP contribution in [0.3, 0.4) is 0 Å². The molecule has 1 N–H and O–H groups in total. The minimum Gasteiger partial charge on any atom is -0.372 e. The van der Waals surface area contributed by atoms with Crippen LogP contribution in [0.5, 0.6) is 0 Å². The quantitative estimate of drug-likeness (QED) is 0.637. The zero-order valence-corrected chi connectivity index (χ0v) is 9.30. The molecule has 1 aromatic heterocycles. The molecule has 78 valence electrons. The fraction of sp³-hybridized carbons (Fsp3) is 0.364. The van der Waals surface area contributed by atoms with Gasteiger partial charge in [0, 0.05) is 5.75 Å². The van der Waals surface area contributed by atoms with E-state index in [0.29, 0.717) is 6.10 Å². The molecule has 4 heteroatoms. The van der Waals surface area contributed by atoms with Gasteiger partial charge in [-0.25, -0.2) is 4.98 Å². The molecular weight excluding hydrogens is 208 g/mol. The molecule has 2 heterocycles. The van der Waals surface area contributed by atoms with Gasteiger partial charge in [-0.1, -0.05) is 17.8 Å². The summed E-state index contributed by atoms with van der Waals surface area (Å²) in [6.07, 6.45) is 0.449. The molecule has 1 aliphatic rings. The maximum absolute atomic E-state index is 5.16. The Morgan fingerprint density at radius 2 is 2.47 bits per heavy atom. The van der Waals surface area contributed by atoms with E-state index in [9.17, 15) is 0 Å². The minimum absolute atomic E-state index is 0.449. The van der Waals surface area contributed by atoms with Crippen molar-refractivity contribution in [3.8, 4) is 0 Å². The van der Waals surface area contributed by atoms with Crippen LogP contribution in [0.15, 0.2) is 23.4 Å². The first-order chi connectivity index (χ1) is 7.31. The van der Waals surface area contributed by atoms with Crippen LogP contribution >= 0.6 is 11.8 Å². The molecule has 1 aliphatic heterocycles. The van der Waals surface area contributed by atoms with Crippen molar-refractivity contribution in [2.24, 2.45) is 0 Å². The number of aromatic nitrogens is 2. The van der Waals surface area contributed by atoms with Crippen LogP contribution in [0.25, 0.3) is 11.0 Å². The molecule has 3 nitrogen and oxygen atoms in total. The maximum Gasteiger partial charge on any atom is 0.166 e. The second-order valence-corrected chi connectivity index (χ2v) is 4.84.